The molecule has 7 heteroatoms. The van der Waals surface area contributed by atoms with E-state index in [2.05, 4.69) is 9.71 Å². The molecule has 1 fully saturated rings. The van der Waals surface area contributed by atoms with E-state index in [0.717, 1.165) is 19.3 Å². The van der Waals surface area contributed by atoms with Crippen molar-refractivity contribution in [1.82, 2.24) is 4.98 Å². The zero-order valence-electron chi connectivity index (χ0n) is 10.4. The highest BCUT2D eigenvalue weighted by atomic mass is 32.2. The normalized spacial score (nSPS) is 17.1. The summed E-state index contributed by atoms with van der Waals surface area (Å²) in [7, 11) is -3.45. The summed E-state index contributed by atoms with van der Waals surface area (Å²) in [5, 5.41) is 8.43. The van der Waals surface area contributed by atoms with Crippen molar-refractivity contribution in [2.45, 2.75) is 37.4 Å². The van der Waals surface area contributed by atoms with Crippen molar-refractivity contribution in [3.8, 4) is 0 Å². The summed E-state index contributed by atoms with van der Waals surface area (Å²) in [4.78, 5) is 14.4. The van der Waals surface area contributed by atoms with E-state index in [1.807, 2.05) is 0 Å². The van der Waals surface area contributed by atoms with Crippen LogP contribution >= 0.6 is 0 Å². The fraction of sp³-hybridized carbons (Fsp3) is 0.500. The van der Waals surface area contributed by atoms with Gasteiger partial charge in [0, 0.05) is 6.20 Å². The Bertz CT molecular complexity index is 565. The molecule has 0 amide bonds. The highest BCUT2D eigenvalue weighted by molar-refractivity contribution is 7.93. The van der Waals surface area contributed by atoms with Crippen LogP contribution in [0.25, 0.3) is 0 Å². The van der Waals surface area contributed by atoms with Gasteiger partial charge in [0.25, 0.3) is 0 Å². The molecule has 0 radical (unpaired) electrons. The molecule has 104 valence electrons. The molecule has 6 nitrogen and oxygen atoms in total. The van der Waals surface area contributed by atoms with E-state index in [1.165, 1.54) is 18.3 Å². The number of aromatic carboxylic acids is 1. The van der Waals surface area contributed by atoms with Crippen LogP contribution in [0.5, 0.6) is 0 Å². The summed E-state index contributed by atoms with van der Waals surface area (Å²) in [6, 6.07) is 2.68. The predicted octanol–water partition coefficient (Wildman–Crippen LogP) is 1.85. The maximum Gasteiger partial charge on any atom is 0.354 e. The van der Waals surface area contributed by atoms with Gasteiger partial charge >= 0.3 is 5.97 Å². The van der Waals surface area contributed by atoms with Crippen molar-refractivity contribution < 1.29 is 18.3 Å². The van der Waals surface area contributed by atoms with Gasteiger partial charge in [0.1, 0.15) is 5.69 Å². The first kappa shape index (κ1) is 13.8. The van der Waals surface area contributed by atoms with Gasteiger partial charge in [-0.05, 0) is 25.0 Å². The molecular weight excluding hydrogens is 268 g/mol. The minimum Gasteiger partial charge on any atom is -0.477 e. The van der Waals surface area contributed by atoms with Crippen LogP contribution in [0.1, 0.15) is 42.6 Å². The fourth-order valence-electron chi connectivity index (χ4n) is 2.23. The van der Waals surface area contributed by atoms with Crippen molar-refractivity contribution >= 4 is 21.7 Å². The van der Waals surface area contributed by atoms with Crippen LogP contribution < -0.4 is 4.72 Å². The lowest BCUT2D eigenvalue weighted by Crippen LogP contribution is -2.29. The number of carboxylic acids is 1. The fourth-order valence-corrected chi connectivity index (χ4v) is 3.81. The Labute approximate surface area is 111 Å². The number of pyridine rings is 1. The van der Waals surface area contributed by atoms with Crippen molar-refractivity contribution in [1.29, 1.82) is 0 Å². The van der Waals surface area contributed by atoms with Crippen molar-refractivity contribution in [2.75, 3.05) is 4.72 Å². The standard InChI is InChI=1S/C12H16N2O4S/c15-12(16)11-8-9(6-7-13-11)14-19(17,18)10-4-2-1-3-5-10/h6-8,10H,1-5H2,(H,13,14)(H,15,16). The maximum atomic E-state index is 12.2. The van der Waals surface area contributed by atoms with Gasteiger partial charge in [0.15, 0.2) is 0 Å². The number of nitrogens with zero attached hydrogens (tertiary/aromatic N) is 1. The molecule has 1 aliphatic carbocycles. The van der Waals surface area contributed by atoms with E-state index in [0.29, 0.717) is 12.8 Å². The molecule has 0 atom stereocenters. The molecule has 1 aliphatic rings. The van der Waals surface area contributed by atoms with Crippen LogP contribution in [0.15, 0.2) is 18.3 Å². The van der Waals surface area contributed by atoms with Crippen LogP contribution in [-0.4, -0.2) is 29.7 Å². The third kappa shape index (κ3) is 3.44. The number of carboxylic acid groups (broad SMARTS) is 1. The molecular formula is C12H16N2O4S. The largest absolute Gasteiger partial charge is 0.477 e. The molecule has 0 spiro atoms. The molecule has 0 bridgehead atoms. The van der Waals surface area contributed by atoms with E-state index in [9.17, 15) is 13.2 Å². The average Bonchev–Trinajstić information content (AvgIpc) is 2.39. The van der Waals surface area contributed by atoms with Gasteiger partial charge in [-0.3, -0.25) is 4.72 Å². The van der Waals surface area contributed by atoms with Gasteiger partial charge in [0.2, 0.25) is 10.0 Å². The van der Waals surface area contributed by atoms with Gasteiger partial charge in [-0.15, -0.1) is 0 Å². The van der Waals surface area contributed by atoms with Gasteiger partial charge in [0.05, 0.1) is 10.9 Å². The van der Waals surface area contributed by atoms with Gasteiger partial charge in [-0.1, -0.05) is 19.3 Å². The summed E-state index contributed by atoms with van der Waals surface area (Å²) < 4.78 is 26.8. The molecule has 1 heterocycles. The number of anilines is 1. The molecule has 1 saturated carbocycles. The lowest BCUT2D eigenvalue weighted by molar-refractivity contribution is 0.0690. The Hall–Kier alpha value is -1.63. The zero-order chi connectivity index (χ0) is 13.9. The second kappa shape index (κ2) is 5.56. The van der Waals surface area contributed by atoms with Crippen molar-refractivity contribution in [3.05, 3.63) is 24.0 Å². The number of aromatic nitrogens is 1. The average molecular weight is 284 g/mol. The first-order chi connectivity index (χ1) is 8.99. The number of hydrogen-bond acceptors (Lipinski definition) is 4. The summed E-state index contributed by atoms with van der Waals surface area (Å²) in [5.74, 6) is -1.18. The highest BCUT2D eigenvalue weighted by Gasteiger charge is 2.27. The SMILES string of the molecule is O=C(O)c1cc(NS(=O)(=O)C2CCCCC2)ccn1. The summed E-state index contributed by atoms with van der Waals surface area (Å²) in [6.45, 7) is 0. The number of sulfonamides is 1. The van der Waals surface area contributed by atoms with E-state index < -0.39 is 16.0 Å². The molecule has 19 heavy (non-hydrogen) atoms. The number of carbonyl (C=O) groups is 1. The molecule has 2 rings (SSSR count). The van der Waals surface area contributed by atoms with Crippen molar-refractivity contribution in [3.63, 3.8) is 0 Å². The smallest absolute Gasteiger partial charge is 0.354 e. The van der Waals surface area contributed by atoms with E-state index in [4.69, 9.17) is 5.11 Å². The molecule has 0 aliphatic heterocycles. The molecule has 0 unspecified atom stereocenters. The lowest BCUT2D eigenvalue weighted by atomic mass is 10.0. The maximum absolute atomic E-state index is 12.2. The Balaban J connectivity index is 2.15. The monoisotopic (exact) mass is 284 g/mol. The number of rotatable bonds is 4. The first-order valence-electron chi connectivity index (χ1n) is 6.20. The van der Waals surface area contributed by atoms with Gasteiger partial charge < -0.3 is 5.11 Å². The molecule has 1 aromatic rings. The molecule has 0 saturated heterocycles. The third-order valence-corrected chi connectivity index (χ3v) is 5.10. The quantitative estimate of drug-likeness (QED) is 0.879. The predicted molar refractivity (Wildman–Crippen MR) is 70.6 cm³/mol. The van der Waals surface area contributed by atoms with Crippen LogP contribution in [0.3, 0.4) is 0 Å². The first-order valence-corrected chi connectivity index (χ1v) is 7.74. The molecule has 0 aromatic carbocycles. The molecule has 1 aromatic heterocycles. The zero-order valence-corrected chi connectivity index (χ0v) is 11.2. The molecule has 2 N–H and O–H groups in total. The Morgan fingerprint density at radius 1 is 1.32 bits per heavy atom. The minimum atomic E-state index is -3.45. The highest BCUT2D eigenvalue weighted by Crippen LogP contribution is 2.25. The summed E-state index contributed by atoms with van der Waals surface area (Å²) >= 11 is 0. The Morgan fingerprint density at radius 3 is 2.63 bits per heavy atom. The van der Waals surface area contributed by atoms with E-state index in [-0.39, 0.29) is 16.6 Å². The number of nitrogens with one attached hydrogen (secondary N) is 1. The second-order valence-electron chi connectivity index (χ2n) is 4.64. The minimum absolute atomic E-state index is 0.177. The Morgan fingerprint density at radius 2 is 2.00 bits per heavy atom. The number of hydrogen-bond donors (Lipinski definition) is 2. The topological polar surface area (TPSA) is 96.4 Å². The van der Waals surface area contributed by atoms with Gasteiger partial charge in [-0.25, -0.2) is 18.2 Å². The van der Waals surface area contributed by atoms with Crippen molar-refractivity contribution in [2.24, 2.45) is 0 Å². The van der Waals surface area contributed by atoms with E-state index in [1.54, 1.807) is 0 Å². The summed E-state index contributed by atoms with van der Waals surface area (Å²) in [6.07, 6.45) is 5.51. The van der Waals surface area contributed by atoms with Crippen LogP contribution in [0.2, 0.25) is 0 Å². The second-order valence-corrected chi connectivity index (χ2v) is 6.60. The summed E-state index contributed by atoms with van der Waals surface area (Å²) in [5.41, 5.74) is 0.0711. The van der Waals surface area contributed by atoms with Crippen LogP contribution in [0, 0.1) is 0 Å². The van der Waals surface area contributed by atoms with Gasteiger partial charge in [-0.2, -0.15) is 0 Å². The lowest BCUT2D eigenvalue weighted by Gasteiger charge is -2.22. The van der Waals surface area contributed by atoms with E-state index >= 15 is 0 Å². The Kier molecular flexibility index (Phi) is 4.04. The van der Waals surface area contributed by atoms with Crippen LogP contribution in [-0.2, 0) is 10.0 Å². The van der Waals surface area contributed by atoms with Crippen LogP contribution in [0.4, 0.5) is 5.69 Å². The third-order valence-electron chi connectivity index (χ3n) is 3.23.